The molecule has 0 aromatic heterocycles. The summed E-state index contributed by atoms with van der Waals surface area (Å²) < 4.78 is 10.4. The third-order valence-corrected chi connectivity index (χ3v) is 4.55. The van der Waals surface area contributed by atoms with Crippen LogP contribution in [0.1, 0.15) is 23.5 Å². The Hall–Kier alpha value is -2.86. The number of amides is 1. The number of benzene rings is 2. The number of rotatable bonds is 7. The number of nitrogens with one attached hydrogen (secondary N) is 1. The smallest absolute Gasteiger partial charge is 0.407 e. The molecule has 6 nitrogen and oxygen atoms in total. The van der Waals surface area contributed by atoms with Gasteiger partial charge in [-0.15, -0.1) is 0 Å². The molecule has 1 amide bonds. The van der Waals surface area contributed by atoms with Crippen LogP contribution in [0.25, 0.3) is 11.1 Å². The van der Waals surface area contributed by atoms with E-state index in [0.29, 0.717) is 0 Å². The average Bonchev–Trinajstić information content (AvgIpc) is 2.97. The third-order valence-electron chi connectivity index (χ3n) is 4.55. The van der Waals surface area contributed by atoms with Gasteiger partial charge in [0.05, 0.1) is 12.5 Å². The Balaban J connectivity index is 1.61. The number of hydrogen-bond donors (Lipinski definition) is 2. The van der Waals surface area contributed by atoms with Gasteiger partial charge in [0.15, 0.2) is 0 Å². The van der Waals surface area contributed by atoms with Gasteiger partial charge in [-0.1, -0.05) is 48.5 Å². The topological polar surface area (TPSA) is 84.9 Å². The van der Waals surface area contributed by atoms with Crippen LogP contribution < -0.4 is 5.32 Å². The quantitative estimate of drug-likeness (QED) is 0.797. The number of aliphatic carboxylic acids is 1. The number of ether oxygens (including phenoxy) is 2. The number of carboxylic acid groups (broad SMARTS) is 1. The highest BCUT2D eigenvalue weighted by atomic mass is 16.5. The van der Waals surface area contributed by atoms with Crippen LogP contribution in [0, 0.1) is 0 Å². The number of alkyl carbamates (subject to hydrolysis) is 1. The van der Waals surface area contributed by atoms with Crippen molar-refractivity contribution in [3.8, 4) is 11.1 Å². The first-order valence-corrected chi connectivity index (χ1v) is 8.43. The summed E-state index contributed by atoms with van der Waals surface area (Å²) in [5.41, 5.74) is 4.61. The van der Waals surface area contributed by atoms with E-state index in [1.165, 1.54) is 7.11 Å². The molecule has 0 saturated carbocycles. The van der Waals surface area contributed by atoms with Gasteiger partial charge in [0, 0.05) is 19.6 Å². The van der Waals surface area contributed by atoms with Crippen molar-refractivity contribution >= 4 is 12.1 Å². The van der Waals surface area contributed by atoms with Crippen LogP contribution >= 0.6 is 0 Å². The summed E-state index contributed by atoms with van der Waals surface area (Å²) in [5.74, 6) is -0.989. The molecule has 1 unspecified atom stereocenters. The summed E-state index contributed by atoms with van der Waals surface area (Å²) >= 11 is 0. The Morgan fingerprint density at radius 2 is 1.65 bits per heavy atom. The first-order valence-electron chi connectivity index (χ1n) is 8.43. The lowest BCUT2D eigenvalue weighted by atomic mass is 9.98. The van der Waals surface area contributed by atoms with Crippen LogP contribution in [-0.2, 0) is 14.3 Å². The zero-order valence-electron chi connectivity index (χ0n) is 14.5. The maximum absolute atomic E-state index is 12.0. The molecular formula is C20H21NO5. The molecule has 0 radical (unpaired) electrons. The molecule has 136 valence electrons. The van der Waals surface area contributed by atoms with Crippen molar-refractivity contribution in [3.63, 3.8) is 0 Å². The molecule has 26 heavy (non-hydrogen) atoms. The molecule has 2 aromatic carbocycles. The summed E-state index contributed by atoms with van der Waals surface area (Å²) in [7, 11) is 1.41. The van der Waals surface area contributed by atoms with Crippen molar-refractivity contribution in [2.45, 2.75) is 18.4 Å². The molecule has 0 saturated heterocycles. The molecule has 2 aromatic rings. The summed E-state index contributed by atoms with van der Waals surface area (Å²) in [4.78, 5) is 22.7. The van der Waals surface area contributed by atoms with Gasteiger partial charge in [-0.3, -0.25) is 4.79 Å². The highest BCUT2D eigenvalue weighted by Gasteiger charge is 2.29. The van der Waals surface area contributed by atoms with Crippen LogP contribution in [0.3, 0.4) is 0 Å². The molecule has 0 aliphatic heterocycles. The first kappa shape index (κ1) is 17.9. The van der Waals surface area contributed by atoms with E-state index in [0.717, 1.165) is 22.3 Å². The fraction of sp³-hybridized carbons (Fsp3) is 0.300. The number of carbonyl (C=O) groups excluding carboxylic acids is 1. The molecule has 2 N–H and O–H groups in total. The summed E-state index contributed by atoms with van der Waals surface area (Å²) in [6.07, 6.45) is -1.35. The molecule has 3 rings (SSSR count). The zero-order chi connectivity index (χ0) is 18.5. The van der Waals surface area contributed by atoms with Crippen molar-refractivity contribution in [1.29, 1.82) is 0 Å². The minimum atomic E-state index is -0.980. The van der Waals surface area contributed by atoms with Crippen molar-refractivity contribution < 1.29 is 24.2 Å². The van der Waals surface area contributed by atoms with E-state index < -0.39 is 18.2 Å². The van der Waals surface area contributed by atoms with Gasteiger partial charge < -0.3 is 19.9 Å². The van der Waals surface area contributed by atoms with Gasteiger partial charge in [-0.05, 0) is 22.3 Å². The molecule has 6 heteroatoms. The predicted octanol–water partition coefficient (Wildman–Crippen LogP) is 3.01. The summed E-state index contributed by atoms with van der Waals surface area (Å²) in [6.45, 7) is 0.302. The van der Waals surface area contributed by atoms with Gasteiger partial charge in [0.2, 0.25) is 0 Å². The molecular weight excluding hydrogens is 334 g/mol. The van der Waals surface area contributed by atoms with E-state index in [1.54, 1.807) is 0 Å². The van der Waals surface area contributed by atoms with E-state index in [9.17, 15) is 9.59 Å². The van der Waals surface area contributed by atoms with Crippen LogP contribution in [-0.4, -0.2) is 43.5 Å². The van der Waals surface area contributed by atoms with Crippen LogP contribution in [0.2, 0.25) is 0 Å². The molecule has 0 fully saturated rings. The van der Waals surface area contributed by atoms with Gasteiger partial charge in [-0.2, -0.15) is 0 Å². The Kier molecular flexibility index (Phi) is 5.53. The number of hydrogen-bond acceptors (Lipinski definition) is 4. The Morgan fingerprint density at radius 1 is 1.08 bits per heavy atom. The summed E-state index contributed by atoms with van der Waals surface area (Å²) in [6, 6.07) is 16.2. The second-order valence-corrected chi connectivity index (χ2v) is 6.16. The SMILES string of the molecule is COC(CNC(=O)OCC1c2ccccc2-c2ccccc21)CC(=O)O. The average molecular weight is 355 g/mol. The molecule has 0 bridgehead atoms. The van der Waals surface area contributed by atoms with Crippen LogP contribution in [0.5, 0.6) is 0 Å². The molecule has 1 aliphatic carbocycles. The van der Waals surface area contributed by atoms with E-state index in [2.05, 4.69) is 29.6 Å². The normalized spacial score (nSPS) is 13.6. The van der Waals surface area contributed by atoms with E-state index in [-0.39, 0.29) is 25.5 Å². The summed E-state index contributed by atoms with van der Waals surface area (Å²) in [5, 5.41) is 11.4. The molecule has 1 atom stereocenters. The van der Waals surface area contributed by atoms with Gasteiger partial charge in [0.1, 0.15) is 6.61 Å². The predicted molar refractivity (Wildman–Crippen MR) is 96.1 cm³/mol. The van der Waals surface area contributed by atoms with Gasteiger partial charge in [0.25, 0.3) is 0 Å². The lowest BCUT2D eigenvalue weighted by Crippen LogP contribution is -2.35. The fourth-order valence-corrected chi connectivity index (χ4v) is 3.28. The minimum absolute atomic E-state index is 0.00890. The number of methoxy groups -OCH3 is 1. The maximum Gasteiger partial charge on any atom is 0.407 e. The van der Waals surface area contributed by atoms with Crippen molar-refractivity contribution in [1.82, 2.24) is 5.32 Å². The largest absolute Gasteiger partial charge is 0.481 e. The first-order chi connectivity index (χ1) is 12.6. The van der Waals surface area contributed by atoms with Crippen molar-refractivity contribution in [2.24, 2.45) is 0 Å². The van der Waals surface area contributed by atoms with E-state index >= 15 is 0 Å². The Bertz CT molecular complexity index is 759. The number of fused-ring (bicyclic) bond motifs is 3. The number of carbonyl (C=O) groups is 2. The van der Waals surface area contributed by atoms with E-state index in [1.807, 2.05) is 24.3 Å². The fourth-order valence-electron chi connectivity index (χ4n) is 3.28. The Morgan fingerprint density at radius 3 is 2.19 bits per heavy atom. The molecule has 0 spiro atoms. The highest BCUT2D eigenvalue weighted by Crippen LogP contribution is 2.44. The van der Waals surface area contributed by atoms with E-state index in [4.69, 9.17) is 14.6 Å². The van der Waals surface area contributed by atoms with Gasteiger partial charge in [-0.25, -0.2) is 4.79 Å². The maximum atomic E-state index is 12.0. The lowest BCUT2D eigenvalue weighted by molar-refractivity contribution is -0.139. The molecule has 0 heterocycles. The Labute approximate surface area is 151 Å². The van der Waals surface area contributed by atoms with Crippen LogP contribution in [0.15, 0.2) is 48.5 Å². The van der Waals surface area contributed by atoms with Crippen molar-refractivity contribution in [3.05, 3.63) is 59.7 Å². The zero-order valence-corrected chi connectivity index (χ0v) is 14.5. The molecule has 1 aliphatic rings. The monoisotopic (exact) mass is 355 g/mol. The minimum Gasteiger partial charge on any atom is -0.481 e. The third kappa shape index (κ3) is 3.86. The highest BCUT2D eigenvalue weighted by molar-refractivity contribution is 5.79. The standard InChI is InChI=1S/C20H21NO5/c1-25-13(10-19(22)23)11-21-20(24)26-12-18-16-8-4-2-6-14(16)15-7-3-5-9-17(15)18/h2-9,13,18H,10-12H2,1H3,(H,21,24)(H,22,23). The second-order valence-electron chi connectivity index (χ2n) is 6.16. The van der Waals surface area contributed by atoms with Crippen molar-refractivity contribution in [2.75, 3.05) is 20.3 Å². The number of carboxylic acids is 1. The lowest BCUT2D eigenvalue weighted by Gasteiger charge is -2.16. The van der Waals surface area contributed by atoms with Crippen LogP contribution in [0.4, 0.5) is 4.79 Å². The van der Waals surface area contributed by atoms with Gasteiger partial charge >= 0.3 is 12.1 Å². The second kappa shape index (κ2) is 8.01.